The lowest BCUT2D eigenvalue weighted by Crippen LogP contribution is -2.15. The summed E-state index contributed by atoms with van der Waals surface area (Å²) in [6, 6.07) is 10.3. The zero-order valence-electron chi connectivity index (χ0n) is 11.0. The molecule has 2 N–H and O–H groups in total. The molecule has 1 heterocycles. The van der Waals surface area contributed by atoms with Gasteiger partial charge in [-0.15, -0.1) is 11.3 Å². The van der Waals surface area contributed by atoms with Crippen LogP contribution in [0.15, 0.2) is 30.3 Å². The number of hydrogen-bond acceptors (Lipinski definition) is 3. The summed E-state index contributed by atoms with van der Waals surface area (Å²) in [6.07, 6.45) is 0. The molecule has 0 fully saturated rings. The third-order valence-electron chi connectivity index (χ3n) is 3.11. The summed E-state index contributed by atoms with van der Waals surface area (Å²) >= 11 is 1.78. The zero-order valence-corrected chi connectivity index (χ0v) is 11.8. The molecule has 1 unspecified atom stereocenters. The largest absolute Gasteiger partial charge is 0.394 e. The Morgan fingerprint density at radius 2 is 1.94 bits per heavy atom. The fraction of sp³-hybridized carbons (Fsp3) is 0.333. The molecule has 0 aliphatic heterocycles. The minimum atomic E-state index is -0.0314. The van der Waals surface area contributed by atoms with Crippen molar-refractivity contribution in [3.63, 3.8) is 0 Å². The molecular weight excluding hydrogens is 242 g/mol. The van der Waals surface area contributed by atoms with Crippen molar-refractivity contribution in [3.8, 4) is 0 Å². The molecule has 3 heteroatoms. The van der Waals surface area contributed by atoms with Crippen LogP contribution in [0.2, 0.25) is 0 Å². The quantitative estimate of drug-likeness (QED) is 0.877. The van der Waals surface area contributed by atoms with Crippen molar-refractivity contribution in [2.45, 2.75) is 26.8 Å². The Labute approximate surface area is 112 Å². The first-order chi connectivity index (χ1) is 8.61. The molecule has 1 atom stereocenters. The molecule has 2 rings (SSSR count). The predicted molar refractivity (Wildman–Crippen MR) is 78.4 cm³/mol. The van der Waals surface area contributed by atoms with Crippen LogP contribution in [0.5, 0.6) is 0 Å². The smallest absolute Gasteiger partial charge is 0.0755 e. The molecule has 1 aromatic heterocycles. The standard InChI is InChI=1S/C15H19NOS/c1-10-6-4-5-7-14(10)16-15(9-17)13-8-11(2)18-12(13)3/h4-8,15-17H,9H2,1-3H3. The average Bonchev–Trinajstić information content (AvgIpc) is 2.67. The van der Waals surface area contributed by atoms with Gasteiger partial charge in [0.2, 0.25) is 0 Å². The first kappa shape index (κ1) is 13.1. The Bertz CT molecular complexity index is 533. The summed E-state index contributed by atoms with van der Waals surface area (Å²) in [7, 11) is 0. The molecule has 0 bridgehead atoms. The average molecular weight is 261 g/mol. The lowest BCUT2D eigenvalue weighted by atomic mass is 10.1. The summed E-state index contributed by atoms with van der Waals surface area (Å²) < 4.78 is 0. The van der Waals surface area contributed by atoms with Gasteiger partial charge in [-0.3, -0.25) is 0 Å². The van der Waals surface area contributed by atoms with Crippen LogP contribution >= 0.6 is 11.3 Å². The van der Waals surface area contributed by atoms with E-state index in [0.717, 1.165) is 5.69 Å². The Kier molecular flexibility index (Phi) is 4.04. The molecule has 0 saturated carbocycles. The van der Waals surface area contributed by atoms with Crippen LogP contribution in [-0.2, 0) is 0 Å². The van der Waals surface area contributed by atoms with E-state index >= 15 is 0 Å². The molecule has 0 spiro atoms. The van der Waals surface area contributed by atoms with Gasteiger partial charge in [-0.05, 0) is 44.0 Å². The summed E-state index contributed by atoms with van der Waals surface area (Å²) in [5.74, 6) is 0. The Morgan fingerprint density at radius 1 is 1.22 bits per heavy atom. The summed E-state index contributed by atoms with van der Waals surface area (Å²) in [4.78, 5) is 2.56. The van der Waals surface area contributed by atoms with Crippen LogP contribution in [0.1, 0.15) is 26.9 Å². The number of thiophene rings is 1. The van der Waals surface area contributed by atoms with E-state index in [1.54, 1.807) is 11.3 Å². The Balaban J connectivity index is 2.25. The van der Waals surface area contributed by atoms with Crippen molar-refractivity contribution >= 4 is 17.0 Å². The highest BCUT2D eigenvalue weighted by Crippen LogP contribution is 2.29. The molecule has 0 aliphatic rings. The molecular formula is C15H19NOS. The summed E-state index contributed by atoms with van der Waals surface area (Å²) in [5, 5.41) is 13.0. The van der Waals surface area contributed by atoms with Crippen molar-refractivity contribution in [3.05, 3.63) is 51.2 Å². The van der Waals surface area contributed by atoms with E-state index in [-0.39, 0.29) is 12.6 Å². The predicted octanol–water partition coefficient (Wildman–Crippen LogP) is 3.82. The number of rotatable bonds is 4. The van der Waals surface area contributed by atoms with E-state index < -0.39 is 0 Å². The SMILES string of the molecule is Cc1cc(C(CO)Nc2ccccc2C)c(C)s1. The Morgan fingerprint density at radius 3 is 2.50 bits per heavy atom. The monoisotopic (exact) mass is 261 g/mol. The highest BCUT2D eigenvalue weighted by Gasteiger charge is 2.15. The van der Waals surface area contributed by atoms with Crippen molar-refractivity contribution in [1.82, 2.24) is 0 Å². The maximum Gasteiger partial charge on any atom is 0.0755 e. The van der Waals surface area contributed by atoms with Gasteiger partial charge in [0.1, 0.15) is 0 Å². The van der Waals surface area contributed by atoms with Crippen LogP contribution in [0, 0.1) is 20.8 Å². The minimum Gasteiger partial charge on any atom is -0.394 e. The van der Waals surface area contributed by atoms with E-state index in [9.17, 15) is 5.11 Å². The fourth-order valence-corrected chi connectivity index (χ4v) is 3.13. The van der Waals surface area contributed by atoms with Gasteiger partial charge in [-0.2, -0.15) is 0 Å². The third kappa shape index (κ3) is 2.74. The van der Waals surface area contributed by atoms with Crippen LogP contribution in [0.4, 0.5) is 5.69 Å². The second-order valence-electron chi connectivity index (χ2n) is 4.56. The lowest BCUT2D eigenvalue weighted by Gasteiger charge is -2.19. The number of benzene rings is 1. The van der Waals surface area contributed by atoms with Gasteiger partial charge in [0.05, 0.1) is 12.6 Å². The van der Waals surface area contributed by atoms with Gasteiger partial charge >= 0.3 is 0 Å². The molecule has 2 aromatic rings. The van der Waals surface area contributed by atoms with Crippen LogP contribution in [0.3, 0.4) is 0 Å². The number of aliphatic hydroxyl groups is 1. The fourth-order valence-electron chi connectivity index (χ4n) is 2.14. The van der Waals surface area contributed by atoms with Crippen LogP contribution in [-0.4, -0.2) is 11.7 Å². The highest BCUT2D eigenvalue weighted by molar-refractivity contribution is 7.12. The normalized spacial score (nSPS) is 12.4. The molecule has 1 aromatic carbocycles. The number of anilines is 1. The summed E-state index contributed by atoms with van der Waals surface area (Å²) in [6.45, 7) is 6.38. The maximum absolute atomic E-state index is 9.61. The van der Waals surface area contributed by atoms with E-state index in [2.05, 4.69) is 38.2 Å². The number of nitrogens with one attached hydrogen (secondary N) is 1. The van der Waals surface area contributed by atoms with E-state index in [0.29, 0.717) is 0 Å². The van der Waals surface area contributed by atoms with E-state index in [1.807, 2.05) is 18.2 Å². The third-order valence-corrected chi connectivity index (χ3v) is 4.09. The van der Waals surface area contributed by atoms with Crippen molar-refractivity contribution in [1.29, 1.82) is 0 Å². The van der Waals surface area contributed by atoms with Crippen molar-refractivity contribution in [2.75, 3.05) is 11.9 Å². The van der Waals surface area contributed by atoms with Crippen molar-refractivity contribution in [2.24, 2.45) is 0 Å². The number of aliphatic hydroxyl groups excluding tert-OH is 1. The first-order valence-electron chi connectivity index (χ1n) is 6.11. The molecule has 96 valence electrons. The van der Waals surface area contributed by atoms with Crippen LogP contribution < -0.4 is 5.32 Å². The number of hydrogen-bond donors (Lipinski definition) is 2. The van der Waals surface area contributed by atoms with E-state index in [1.165, 1.54) is 20.9 Å². The number of aryl methyl sites for hydroxylation is 3. The minimum absolute atomic E-state index is 0.0314. The van der Waals surface area contributed by atoms with Gasteiger partial charge in [0.25, 0.3) is 0 Å². The second kappa shape index (κ2) is 5.55. The number of para-hydroxylation sites is 1. The lowest BCUT2D eigenvalue weighted by molar-refractivity contribution is 0.276. The van der Waals surface area contributed by atoms with Gasteiger partial charge in [-0.1, -0.05) is 18.2 Å². The second-order valence-corrected chi connectivity index (χ2v) is 6.02. The Hall–Kier alpha value is -1.32. The first-order valence-corrected chi connectivity index (χ1v) is 6.93. The van der Waals surface area contributed by atoms with Gasteiger partial charge < -0.3 is 10.4 Å². The topological polar surface area (TPSA) is 32.3 Å². The molecule has 0 saturated heterocycles. The van der Waals surface area contributed by atoms with E-state index in [4.69, 9.17) is 0 Å². The van der Waals surface area contributed by atoms with Crippen molar-refractivity contribution < 1.29 is 5.11 Å². The van der Waals surface area contributed by atoms with Gasteiger partial charge in [-0.25, -0.2) is 0 Å². The molecule has 0 radical (unpaired) electrons. The van der Waals surface area contributed by atoms with Gasteiger partial charge in [0, 0.05) is 15.4 Å². The zero-order chi connectivity index (χ0) is 13.1. The molecule has 0 amide bonds. The van der Waals surface area contributed by atoms with Crippen LogP contribution in [0.25, 0.3) is 0 Å². The molecule has 0 aliphatic carbocycles. The van der Waals surface area contributed by atoms with Gasteiger partial charge in [0.15, 0.2) is 0 Å². The molecule has 2 nitrogen and oxygen atoms in total. The maximum atomic E-state index is 9.61. The highest BCUT2D eigenvalue weighted by atomic mass is 32.1. The molecule has 18 heavy (non-hydrogen) atoms. The summed E-state index contributed by atoms with van der Waals surface area (Å²) in [5.41, 5.74) is 3.48.